The third-order valence-corrected chi connectivity index (χ3v) is 1.61. The normalized spacial score (nSPS) is 21.9. The number of carboxylic acid groups (broad SMARTS) is 1. The molecule has 0 aromatic carbocycles. The fraction of sp³-hybridized carbons (Fsp3) is 0.857. The molecule has 1 rings (SSSR count). The van der Waals surface area contributed by atoms with Crippen molar-refractivity contribution in [3.63, 3.8) is 0 Å². The van der Waals surface area contributed by atoms with Gasteiger partial charge in [0.15, 0.2) is 6.29 Å². The van der Waals surface area contributed by atoms with E-state index in [0.717, 1.165) is 0 Å². The monoisotopic (exact) mass is 160 g/mol. The van der Waals surface area contributed by atoms with E-state index in [1.807, 2.05) is 6.92 Å². The van der Waals surface area contributed by atoms with Crippen LogP contribution < -0.4 is 0 Å². The molecule has 0 amide bonds. The third-order valence-electron chi connectivity index (χ3n) is 1.61. The van der Waals surface area contributed by atoms with Gasteiger partial charge in [-0.2, -0.15) is 0 Å². The Bertz CT molecular complexity index is 139. The van der Waals surface area contributed by atoms with E-state index in [0.29, 0.717) is 13.2 Å². The molecule has 0 aromatic heterocycles. The molecule has 4 nitrogen and oxygen atoms in total. The molecule has 1 aliphatic heterocycles. The highest BCUT2D eigenvalue weighted by Gasteiger charge is 2.24. The molecule has 4 heteroatoms. The Morgan fingerprint density at radius 3 is 2.64 bits per heavy atom. The number of carbonyl (C=O) groups is 1. The molecule has 1 unspecified atom stereocenters. The van der Waals surface area contributed by atoms with E-state index in [9.17, 15) is 4.79 Å². The van der Waals surface area contributed by atoms with Crippen molar-refractivity contribution in [2.24, 2.45) is 5.92 Å². The first-order valence-electron chi connectivity index (χ1n) is 3.65. The van der Waals surface area contributed by atoms with Crippen molar-refractivity contribution in [2.75, 3.05) is 13.2 Å². The van der Waals surface area contributed by atoms with Crippen LogP contribution in [0.5, 0.6) is 0 Å². The van der Waals surface area contributed by atoms with Gasteiger partial charge in [0.2, 0.25) is 0 Å². The molecule has 11 heavy (non-hydrogen) atoms. The van der Waals surface area contributed by atoms with Crippen LogP contribution in [-0.4, -0.2) is 30.6 Å². The van der Waals surface area contributed by atoms with Crippen LogP contribution >= 0.6 is 0 Å². The highest BCUT2D eigenvalue weighted by atomic mass is 16.7. The van der Waals surface area contributed by atoms with Gasteiger partial charge in [0.05, 0.1) is 19.6 Å². The Labute approximate surface area is 65.1 Å². The fourth-order valence-corrected chi connectivity index (χ4v) is 1.08. The first-order chi connectivity index (χ1) is 5.20. The summed E-state index contributed by atoms with van der Waals surface area (Å²) in [4.78, 5) is 10.3. The molecule has 0 aromatic rings. The van der Waals surface area contributed by atoms with Gasteiger partial charge in [-0.25, -0.2) is 0 Å². The molecular formula is C7H12O4. The molecule has 0 aliphatic carbocycles. The molecule has 0 spiro atoms. The summed E-state index contributed by atoms with van der Waals surface area (Å²) in [6.45, 7) is 2.97. The molecule has 1 heterocycles. The highest BCUT2D eigenvalue weighted by Crippen LogP contribution is 2.16. The summed E-state index contributed by atoms with van der Waals surface area (Å²) in [5.74, 6) is -0.869. The summed E-state index contributed by atoms with van der Waals surface area (Å²) in [6.07, 6.45) is -0.212. The summed E-state index contributed by atoms with van der Waals surface area (Å²) in [5.41, 5.74) is 0. The van der Waals surface area contributed by atoms with Crippen LogP contribution in [0, 0.1) is 5.92 Å². The van der Waals surface area contributed by atoms with Gasteiger partial charge in [-0.1, -0.05) is 6.92 Å². The minimum absolute atomic E-state index is 0.0602. The second kappa shape index (κ2) is 3.69. The number of carboxylic acids is 1. The minimum atomic E-state index is -0.809. The van der Waals surface area contributed by atoms with Gasteiger partial charge in [-0.3, -0.25) is 4.79 Å². The molecule has 1 N–H and O–H groups in total. The first kappa shape index (κ1) is 8.49. The van der Waals surface area contributed by atoms with E-state index < -0.39 is 5.97 Å². The predicted octanol–water partition coefficient (Wildman–Crippen LogP) is 0.470. The van der Waals surface area contributed by atoms with Crippen LogP contribution in [0.1, 0.15) is 13.3 Å². The van der Waals surface area contributed by atoms with Gasteiger partial charge in [-0.05, 0) is 0 Å². The van der Waals surface area contributed by atoms with Gasteiger partial charge in [0.1, 0.15) is 0 Å². The van der Waals surface area contributed by atoms with E-state index in [2.05, 4.69) is 0 Å². The maximum atomic E-state index is 10.3. The molecule has 64 valence electrons. The van der Waals surface area contributed by atoms with Gasteiger partial charge in [0, 0.05) is 5.92 Å². The van der Waals surface area contributed by atoms with Crippen molar-refractivity contribution in [3.05, 3.63) is 0 Å². The molecular weight excluding hydrogens is 148 g/mol. The van der Waals surface area contributed by atoms with Crippen molar-refractivity contribution < 1.29 is 19.4 Å². The number of hydrogen-bond acceptors (Lipinski definition) is 3. The maximum Gasteiger partial charge on any atom is 0.303 e. The standard InChI is InChI=1S/C7H12O4/c1-5(4-6(8)9)7-10-2-3-11-7/h5,7H,2-4H2,1H3,(H,8,9). The number of hydrogen-bond donors (Lipinski definition) is 1. The van der Waals surface area contributed by atoms with E-state index in [1.54, 1.807) is 0 Å². The van der Waals surface area contributed by atoms with Crippen molar-refractivity contribution >= 4 is 5.97 Å². The first-order valence-corrected chi connectivity index (χ1v) is 3.65. The lowest BCUT2D eigenvalue weighted by Crippen LogP contribution is -2.21. The lowest BCUT2D eigenvalue weighted by molar-refractivity contribution is -0.143. The maximum absolute atomic E-state index is 10.3. The van der Waals surface area contributed by atoms with Crippen molar-refractivity contribution in [1.29, 1.82) is 0 Å². The van der Waals surface area contributed by atoms with Crippen LogP contribution in [0.3, 0.4) is 0 Å². The Balaban J connectivity index is 2.28. The quantitative estimate of drug-likeness (QED) is 0.652. The largest absolute Gasteiger partial charge is 0.481 e. The van der Waals surface area contributed by atoms with Gasteiger partial charge >= 0.3 is 5.97 Å². The van der Waals surface area contributed by atoms with Crippen LogP contribution in [0.4, 0.5) is 0 Å². The predicted molar refractivity (Wildman–Crippen MR) is 37.1 cm³/mol. The summed E-state index contributed by atoms with van der Waals surface area (Å²) >= 11 is 0. The fourth-order valence-electron chi connectivity index (χ4n) is 1.08. The van der Waals surface area contributed by atoms with Crippen molar-refractivity contribution in [1.82, 2.24) is 0 Å². The zero-order valence-corrected chi connectivity index (χ0v) is 6.45. The van der Waals surface area contributed by atoms with Crippen LogP contribution in [0.15, 0.2) is 0 Å². The van der Waals surface area contributed by atoms with Crippen LogP contribution in [0.25, 0.3) is 0 Å². The van der Waals surface area contributed by atoms with E-state index in [1.165, 1.54) is 0 Å². The molecule has 1 atom stereocenters. The Morgan fingerprint density at radius 2 is 2.18 bits per heavy atom. The molecule has 1 saturated heterocycles. The minimum Gasteiger partial charge on any atom is -0.481 e. The lowest BCUT2D eigenvalue weighted by Gasteiger charge is -2.14. The molecule has 1 aliphatic rings. The molecule has 0 bridgehead atoms. The molecule has 0 radical (unpaired) electrons. The van der Waals surface area contributed by atoms with Crippen molar-refractivity contribution in [2.45, 2.75) is 19.6 Å². The molecule has 0 saturated carbocycles. The van der Waals surface area contributed by atoms with E-state index in [-0.39, 0.29) is 18.6 Å². The number of rotatable bonds is 3. The zero-order chi connectivity index (χ0) is 8.27. The van der Waals surface area contributed by atoms with Gasteiger partial charge in [-0.15, -0.1) is 0 Å². The number of aliphatic carboxylic acids is 1. The van der Waals surface area contributed by atoms with Crippen molar-refractivity contribution in [3.8, 4) is 0 Å². The molecule has 1 fully saturated rings. The van der Waals surface area contributed by atoms with Gasteiger partial charge < -0.3 is 14.6 Å². The third kappa shape index (κ3) is 2.48. The smallest absolute Gasteiger partial charge is 0.303 e. The SMILES string of the molecule is CC(CC(=O)O)C1OCCO1. The average Bonchev–Trinajstić information content (AvgIpc) is 2.35. The summed E-state index contributed by atoms with van der Waals surface area (Å²) in [6, 6.07) is 0. The average molecular weight is 160 g/mol. The van der Waals surface area contributed by atoms with Crippen LogP contribution in [-0.2, 0) is 14.3 Å². The second-order valence-electron chi connectivity index (χ2n) is 2.69. The lowest BCUT2D eigenvalue weighted by atomic mass is 10.1. The summed E-state index contributed by atoms with van der Waals surface area (Å²) in [7, 11) is 0. The zero-order valence-electron chi connectivity index (χ0n) is 6.45. The van der Waals surface area contributed by atoms with E-state index >= 15 is 0 Å². The Kier molecular flexibility index (Phi) is 2.84. The number of ether oxygens (including phenoxy) is 2. The van der Waals surface area contributed by atoms with E-state index in [4.69, 9.17) is 14.6 Å². The summed E-state index contributed by atoms with van der Waals surface area (Å²) < 4.78 is 10.3. The second-order valence-corrected chi connectivity index (χ2v) is 2.69. The Hall–Kier alpha value is -0.610. The van der Waals surface area contributed by atoms with Crippen LogP contribution in [0.2, 0.25) is 0 Å². The topological polar surface area (TPSA) is 55.8 Å². The Morgan fingerprint density at radius 1 is 1.64 bits per heavy atom. The highest BCUT2D eigenvalue weighted by molar-refractivity contribution is 5.66. The van der Waals surface area contributed by atoms with Gasteiger partial charge in [0.25, 0.3) is 0 Å². The summed E-state index contributed by atoms with van der Waals surface area (Å²) in [5, 5.41) is 8.43.